The van der Waals surface area contributed by atoms with Crippen molar-refractivity contribution >= 4 is 15.5 Å². The van der Waals surface area contributed by atoms with Gasteiger partial charge in [0.15, 0.2) is 9.84 Å². The van der Waals surface area contributed by atoms with Gasteiger partial charge in [0.25, 0.3) is 0 Å². The van der Waals surface area contributed by atoms with Gasteiger partial charge in [-0.05, 0) is 37.0 Å². The van der Waals surface area contributed by atoms with Crippen molar-refractivity contribution in [3.63, 3.8) is 0 Å². The number of rotatable bonds is 4. The van der Waals surface area contributed by atoms with Crippen LogP contribution >= 0.6 is 0 Å². The number of sulfone groups is 1. The molecular weight excluding hydrogens is 262 g/mol. The predicted molar refractivity (Wildman–Crippen MR) is 76.0 cm³/mol. The zero-order chi connectivity index (χ0) is 13.9. The number of ether oxygens (including phenoxy) is 1. The van der Waals surface area contributed by atoms with Gasteiger partial charge in [0, 0.05) is 6.26 Å². The van der Waals surface area contributed by atoms with Gasteiger partial charge in [-0.1, -0.05) is 19.3 Å². The van der Waals surface area contributed by atoms with Gasteiger partial charge in [-0.2, -0.15) is 0 Å². The smallest absolute Gasteiger partial charge is 0.175 e. The van der Waals surface area contributed by atoms with Crippen molar-refractivity contribution in [2.45, 2.75) is 37.0 Å². The van der Waals surface area contributed by atoms with E-state index in [2.05, 4.69) is 0 Å². The number of nitrogen functional groups attached to an aromatic ring is 1. The maximum atomic E-state index is 11.4. The maximum Gasteiger partial charge on any atom is 0.175 e. The van der Waals surface area contributed by atoms with Gasteiger partial charge < -0.3 is 10.5 Å². The molecule has 0 bridgehead atoms. The molecule has 0 spiro atoms. The Kier molecular flexibility index (Phi) is 4.34. The van der Waals surface area contributed by atoms with E-state index >= 15 is 0 Å². The number of nitrogens with two attached hydrogens (primary N) is 1. The lowest BCUT2D eigenvalue weighted by Crippen LogP contribution is -2.15. The van der Waals surface area contributed by atoms with E-state index in [0.717, 1.165) is 0 Å². The Balaban J connectivity index is 2.01. The molecule has 2 rings (SSSR count). The normalized spacial score (nSPS) is 17.3. The molecule has 0 aromatic heterocycles. The Bertz CT molecular complexity index is 534. The zero-order valence-corrected chi connectivity index (χ0v) is 12.1. The van der Waals surface area contributed by atoms with E-state index in [0.29, 0.717) is 24.0 Å². The molecule has 0 atom stereocenters. The molecule has 1 aromatic rings. The molecule has 19 heavy (non-hydrogen) atoms. The standard InChI is InChI=1S/C14H21NO3S/c1-19(16,17)12-7-8-14(13(15)9-12)18-10-11-5-3-2-4-6-11/h7-9,11H,2-6,10,15H2,1H3. The van der Waals surface area contributed by atoms with Crippen LogP contribution in [0.3, 0.4) is 0 Å². The van der Waals surface area contributed by atoms with E-state index in [1.54, 1.807) is 12.1 Å². The second-order valence-corrected chi connectivity index (χ2v) is 7.30. The van der Waals surface area contributed by atoms with Crippen molar-refractivity contribution in [1.29, 1.82) is 0 Å². The maximum absolute atomic E-state index is 11.4. The van der Waals surface area contributed by atoms with E-state index in [4.69, 9.17) is 10.5 Å². The van der Waals surface area contributed by atoms with E-state index in [-0.39, 0.29) is 4.90 Å². The largest absolute Gasteiger partial charge is 0.491 e. The first-order valence-corrected chi connectivity index (χ1v) is 8.58. The van der Waals surface area contributed by atoms with Crippen molar-refractivity contribution in [3.05, 3.63) is 18.2 Å². The van der Waals surface area contributed by atoms with E-state index in [1.165, 1.54) is 44.4 Å². The molecule has 5 heteroatoms. The average molecular weight is 283 g/mol. The minimum absolute atomic E-state index is 0.231. The quantitative estimate of drug-likeness (QED) is 0.862. The van der Waals surface area contributed by atoms with Crippen molar-refractivity contribution in [2.75, 3.05) is 18.6 Å². The lowest BCUT2D eigenvalue weighted by atomic mass is 9.90. The molecule has 0 saturated heterocycles. The van der Waals surface area contributed by atoms with E-state index in [9.17, 15) is 8.42 Å². The average Bonchev–Trinajstić information content (AvgIpc) is 2.37. The molecule has 1 fully saturated rings. The van der Waals surface area contributed by atoms with Crippen molar-refractivity contribution in [2.24, 2.45) is 5.92 Å². The highest BCUT2D eigenvalue weighted by Gasteiger charge is 2.15. The first-order valence-electron chi connectivity index (χ1n) is 6.69. The van der Waals surface area contributed by atoms with Crippen LogP contribution in [0.1, 0.15) is 32.1 Å². The van der Waals surface area contributed by atoms with Crippen LogP contribution < -0.4 is 10.5 Å². The van der Waals surface area contributed by atoms with Crippen LogP contribution in [-0.2, 0) is 9.84 Å². The fourth-order valence-electron chi connectivity index (χ4n) is 2.45. The fraction of sp³-hybridized carbons (Fsp3) is 0.571. The van der Waals surface area contributed by atoms with Crippen LogP contribution in [0, 0.1) is 5.92 Å². The monoisotopic (exact) mass is 283 g/mol. The SMILES string of the molecule is CS(=O)(=O)c1ccc(OCC2CCCCC2)c(N)c1. The molecule has 2 N–H and O–H groups in total. The second-order valence-electron chi connectivity index (χ2n) is 5.29. The van der Waals surface area contributed by atoms with E-state index in [1.807, 2.05) is 0 Å². The molecule has 0 aliphatic heterocycles. The third kappa shape index (κ3) is 3.86. The van der Waals surface area contributed by atoms with Gasteiger partial charge in [0.05, 0.1) is 17.2 Å². The Morgan fingerprint density at radius 1 is 1.26 bits per heavy atom. The third-order valence-corrected chi connectivity index (χ3v) is 4.72. The predicted octanol–water partition coefficient (Wildman–Crippen LogP) is 2.63. The first kappa shape index (κ1) is 14.2. The highest BCUT2D eigenvalue weighted by molar-refractivity contribution is 7.90. The van der Waals surface area contributed by atoms with Gasteiger partial charge in [0.2, 0.25) is 0 Å². The molecule has 1 aliphatic rings. The Labute approximate surface area is 114 Å². The lowest BCUT2D eigenvalue weighted by molar-refractivity contribution is 0.209. The molecule has 106 valence electrons. The minimum atomic E-state index is -3.21. The Hall–Kier alpha value is -1.23. The summed E-state index contributed by atoms with van der Waals surface area (Å²) in [5, 5.41) is 0. The third-order valence-electron chi connectivity index (χ3n) is 3.61. The summed E-state index contributed by atoms with van der Waals surface area (Å²) >= 11 is 0. The molecule has 0 unspecified atom stereocenters. The van der Waals surface area contributed by atoms with Crippen LogP contribution in [-0.4, -0.2) is 21.3 Å². The van der Waals surface area contributed by atoms with Crippen LogP contribution in [0.4, 0.5) is 5.69 Å². The molecule has 0 radical (unpaired) electrons. The molecular formula is C14H21NO3S. The summed E-state index contributed by atoms with van der Waals surface area (Å²) in [7, 11) is -3.21. The molecule has 1 saturated carbocycles. The summed E-state index contributed by atoms with van der Waals surface area (Å²) in [5.74, 6) is 1.18. The number of hydrogen-bond acceptors (Lipinski definition) is 4. The van der Waals surface area contributed by atoms with Crippen molar-refractivity contribution in [3.8, 4) is 5.75 Å². The highest BCUT2D eigenvalue weighted by atomic mass is 32.2. The highest BCUT2D eigenvalue weighted by Crippen LogP contribution is 2.28. The van der Waals surface area contributed by atoms with Crippen LogP contribution in [0.25, 0.3) is 0 Å². The van der Waals surface area contributed by atoms with Gasteiger partial charge in [-0.25, -0.2) is 8.42 Å². The van der Waals surface area contributed by atoms with Gasteiger partial charge in [0.1, 0.15) is 5.75 Å². The zero-order valence-electron chi connectivity index (χ0n) is 11.3. The summed E-state index contributed by atoms with van der Waals surface area (Å²) < 4.78 is 28.5. The lowest BCUT2D eigenvalue weighted by Gasteiger charge is -2.22. The molecule has 1 aromatic carbocycles. The summed E-state index contributed by atoms with van der Waals surface area (Å²) in [6.45, 7) is 0.669. The Morgan fingerprint density at radius 3 is 2.53 bits per heavy atom. The minimum Gasteiger partial charge on any atom is -0.491 e. The number of anilines is 1. The summed E-state index contributed by atoms with van der Waals surface area (Å²) in [5.41, 5.74) is 6.23. The Morgan fingerprint density at radius 2 is 1.95 bits per heavy atom. The fourth-order valence-corrected chi connectivity index (χ4v) is 3.11. The van der Waals surface area contributed by atoms with Gasteiger partial charge in [-0.15, -0.1) is 0 Å². The topological polar surface area (TPSA) is 69.4 Å². The van der Waals surface area contributed by atoms with Gasteiger partial charge in [-0.3, -0.25) is 0 Å². The summed E-state index contributed by atoms with van der Waals surface area (Å²) in [6.07, 6.45) is 7.46. The number of hydrogen-bond donors (Lipinski definition) is 1. The van der Waals surface area contributed by atoms with Crippen LogP contribution in [0.5, 0.6) is 5.75 Å². The van der Waals surface area contributed by atoms with E-state index < -0.39 is 9.84 Å². The van der Waals surface area contributed by atoms with Crippen LogP contribution in [0.15, 0.2) is 23.1 Å². The first-order chi connectivity index (χ1) is 8.97. The molecule has 0 heterocycles. The molecule has 1 aliphatic carbocycles. The van der Waals surface area contributed by atoms with Crippen molar-refractivity contribution < 1.29 is 13.2 Å². The molecule has 4 nitrogen and oxygen atoms in total. The number of benzene rings is 1. The van der Waals surface area contributed by atoms with Gasteiger partial charge >= 0.3 is 0 Å². The second kappa shape index (κ2) is 5.82. The summed E-state index contributed by atoms with van der Waals surface area (Å²) in [6, 6.07) is 4.65. The van der Waals surface area contributed by atoms with Crippen molar-refractivity contribution in [1.82, 2.24) is 0 Å². The van der Waals surface area contributed by atoms with Crippen LogP contribution in [0.2, 0.25) is 0 Å². The summed E-state index contributed by atoms with van der Waals surface area (Å²) in [4.78, 5) is 0.231. The molecule has 0 amide bonds.